The summed E-state index contributed by atoms with van der Waals surface area (Å²) >= 11 is 0. The fourth-order valence-corrected chi connectivity index (χ4v) is 2.74. The maximum absolute atomic E-state index is 12.8. The standard InChI is InChI=1S/C19H19NO4/c1-12-4-6-13(7-5-12)11-20-15-9-8-14(17(21)22)10-16(15)24-19(2,3)18(20)23/h4-10H,11H2,1-3H3,(H,21,22). The molecule has 0 atom stereocenters. The van der Waals surface area contributed by atoms with Gasteiger partial charge in [-0.2, -0.15) is 0 Å². The van der Waals surface area contributed by atoms with Crippen LogP contribution in [0.2, 0.25) is 0 Å². The lowest BCUT2D eigenvalue weighted by Gasteiger charge is -2.39. The number of hydrogen-bond acceptors (Lipinski definition) is 3. The number of aryl methyl sites for hydroxylation is 1. The molecule has 1 amide bonds. The number of rotatable bonds is 3. The highest BCUT2D eigenvalue weighted by Crippen LogP contribution is 2.39. The third-order valence-corrected chi connectivity index (χ3v) is 4.08. The summed E-state index contributed by atoms with van der Waals surface area (Å²) in [7, 11) is 0. The Morgan fingerprint density at radius 2 is 1.83 bits per heavy atom. The SMILES string of the molecule is Cc1ccc(CN2C(=O)C(C)(C)Oc3cc(C(=O)O)ccc32)cc1. The lowest BCUT2D eigenvalue weighted by atomic mass is 10.0. The molecule has 0 saturated carbocycles. The Balaban J connectivity index is 2.03. The molecule has 1 aliphatic heterocycles. The molecular weight excluding hydrogens is 306 g/mol. The van der Waals surface area contributed by atoms with Gasteiger partial charge in [0.2, 0.25) is 0 Å². The molecule has 0 saturated heterocycles. The van der Waals surface area contributed by atoms with Crippen LogP contribution in [0.4, 0.5) is 5.69 Å². The molecule has 1 aliphatic rings. The van der Waals surface area contributed by atoms with Gasteiger partial charge < -0.3 is 14.7 Å². The van der Waals surface area contributed by atoms with Crippen molar-refractivity contribution in [2.75, 3.05) is 4.90 Å². The van der Waals surface area contributed by atoms with Crippen LogP contribution >= 0.6 is 0 Å². The summed E-state index contributed by atoms with van der Waals surface area (Å²) in [6.45, 7) is 5.79. The van der Waals surface area contributed by atoms with Crippen molar-refractivity contribution in [3.05, 3.63) is 59.2 Å². The molecule has 0 unspecified atom stereocenters. The maximum Gasteiger partial charge on any atom is 0.335 e. The molecule has 1 N–H and O–H groups in total. The van der Waals surface area contributed by atoms with Crippen molar-refractivity contribution in [1.82, 2.24) is 0 Å². The summed E-state index contributed by atoms with van der Waals surface area (Å²) in [5.74, 6) is -0.772. The number of nitrogens with zero attached hydrogens (tertiary/aromatic N) is 1. The number of ether oxygens (including phenoxy) is 1. The predicted octanol–water partition coefficient (Wildman–Crippen LogP) is 3.40. The van der Waals surface area contributed by atoms with Crippen molar-refractivity contribution in [3.63, 3.8) is 0 Å². The largest absolute Gasteiger partial charge is 0.478 e. The first-order chi connectivity index (χ1) is 11.3. The van der Waals surface area contributed by atoms with Gasteiger partial charge in [-0.3, -0.25) is 4.79 Å². The maximum atomic E-state index is 12.8. The quantitative estimate of drug-likeness (QED) is 0.939. The monoisotopic (exact) mass is 325 g/mol. The summed E-state index contributed by atoms with van der Waals surface area (Å²) in [5.41, 5.74) is 1.83. The Labute approximate surface area is 140 Å². The Hall–Kier alpha value is -2.82. The van der Waals surface area contributed by atoms with E-state index < -0.39 is 11.6 Å². The van der Waals surface area contributed by atoms with Crippen molar-refractivity contribution in [2.24, 2.45) is 0 Å². The smallest absolute Gasteiger partial charge is 0.335 e. The Bertz CT molecular complexity index is 809. The van der Waals surface area contributed by atoms with Gasteiger partial charge in [0, 0.05) is 0 Å². The molecule has 0 fully saturated rings. The molecular formula is C19H19NO4. The van der Waals surface area contributed by atoms with Gasteiger partial charge >= 0.3 is 5.97 Å². The molecule has 0 radical (unpaired) electrons. The number of amides is 1. The second-order valence-electron chi connectivity index (χ2n) is 6.48. The first-order valence-electron chi connectivity index (χ1n) is 7.72. The van der Waals surface area contributed by atoms with Crippen molar-refractivity contribution < 1.29 is 19.4 Å². The molecule has 0 aromatic heterocycles. The fourth-order valence-electron chi connectivity index (χ4n) is 2.74. The zero-order valence-corrected chi connectivity index (χ0v) is 13.9. The first-order valence-corrected chi connectivity index (χ1v) is 7.72. The van der Waals surface area contributed by atoms with E-state index in [9.17, 15) is 9.59 Å². The van der Waals surface area contributed by atoms with Gasteiger partial charge in [-0.1, -0.05) is 29.8 Å². The van der Waals surface area contributed by atoms with Gasteiger partial charge in [-0.25, -0.2) is 4.79 Å². The van der Waals surface area contributed by atoms with Gasteiger partial charge in [-0.05, 0) is 44.5 Å². The summed E-state index contributed by atoms with van der Waals surface area (Å²) in [6.07, 6.45) is 0. The van der Waals surface area contributed by atoms with E-state index in [0.717, 1.165) is 11.1 Å². The van der Waals surface area contributed by atoms with Crippen LogP contribution in [0.1, 0.15) is 35.3 Å². The number of carboxylic acid groups (broad SMARTS) is 1. The zero-order chi connectivity index (χ0) is 17.5. The number of carboxylic acids is 1. The van der Waals surface area contributed by atoms with E-state index in [-0.39, 0.29) is 11.5 Å². The van der Waals surface area contributed by atoms with Crippen molar-refractivity contribution in [2.45, 2.75) is 32.9 Å². The highest BCUT2D eigenvalue weighted by molar-refractivity contribution is 6.03. The van der Waals surface area contributed by atoms with Gasteiger partial charge in [-0.15, -0.1) is 0 Å². The molecule has 0 spiro atoms. The summed E-state index contributed by atoms with van der Waals surface area (Å²) in [4.78, 5) is 25.6. The van der Waals surface area contributed by atoms with Gasteiger partial charge in [0.05, 0.1) is 17.8 Å². The molecule has 2 aromatic carbocycles. The van der Waals surface area contributed by atoms with E-state index in [2.05, 4.69) is 0 Å². The fraction of sp³-hybridized carbons (Fsp3) is 0.263. The summed E-state index contributed by atoms with van der Waals surface area (Å²) < 4.78 is 5.75. The van der Waals surface area contributed by atoms with Gasteiger partial charge in [0.1, 0.15) is 5.75 Å². The summed E-state index contributed by atoms with van der Waals surface area (Å²) in [6, 6.07) is 12.5. The zero-order valence-electron chi connectivity index (χ0n) is 13.9. The molecule has 2 aromatic rings. The van der Waals surface area contributed by atoms with Crippen LogP contribution in [0.25, 0.3) is 0 Å². The van der Waals surface area contributed by atoms with Crippen LogP contribution in [0.15, 0.2) is 42.5 Å². The van der Waals surface area contributed by atoms with Crippen LogP contribution in [0.3, 0.4) is 0 Å². The molecule has 0 aliphatic carbocycles. The first kappa shape index (κ1) is 16.1. The minimum atomic E-state index is -1.05. The van der Waals surface area contributed by atoms with Crippen molar-refractivity contribution in [3.8, 4) is 5.75 Å². The molecule has 24 heavy (non-hydrogen) atoms. The van der Waals surface area contributed by atoms with E-state index in [1.807, 2.05) is 31.2 Å². The summed E-state index contributed by atoms with van der Waals surface area (Å²) in [5, 5.41) is 9.16. The number of fused-ring (bicyclic) bond motifs is 1. The lowest BCUT2D eigenvalue weighted by molar-refractivity contribution is -0.132. The van der Waals surface area contributed by atoms with E-state index in [4.69, 9.17) is 9.84 Å². The molecule has 0 bridgehead atoms. The molecule has 5 heteroatoms. The van der Waals surface area contributed by atoms with Crippen molar-refractivity contribution >= 4 is 17.6 Å². The average molecular weight is 325 g/mol. The molecule has 3 rings (SSSR count). The number of carbonyl (C=O) groups is 2. The highest BCUT2D eigenvalue weighted by atomic mass is 16.5. The Morgan fingerprint density at radius 3 is 2.46 bits per heavy atom. The average Bonchev–Trinajstić information content (AvgIpc) is 2.52. The Morgan fingerprint density at radius 1 is 1.17 bits per heavy atom. The third-order valence-electron chi connectivity index (χ3n) is 4.08. The number of aromatic carboxylic acids is 1. The van der Waals surface area contributed by atoms with Crippen LogP contribution < -0.4 is 9.64 Å². The predicted molar refractivity (Wildman–Crippen MR) is 90.5 cm³/mol. The van der Waals surface area contributed by atoms with Crippen LogP contribution in [-0.2, 0) is 11.3 Å². The van der Waals surface area contributed by atoms with Gasteiger partial charge in [0.25, 0.3) is 5.91 Å². The molecule has 5 nitrogen and oxygen atoms in total. The third kappa shape index (κ3) is 2.85. The molecule has 1 heterocycles. The second kappa shape index (κ2) is 5.67. The highest BCUT2D eigenvalue weighted by Gasteiger charge is 2.41. The normalized spacial score (nSPS) is 15.6. The minimum absolute atomic E-state index is 0.134. The minimum Gasteiger partial charge on any atom is -0.478 e. The van der Waals surface area contributed by atoms with E-state index >= 15 is 0 Å². The van der Waals surface area contributed by atoms with Crippen LogP contribution in [-0.4, -0.2) is 22.6 Å². The van der Waals surface area contributed by atoms with Gasteiger partial charge in [0.15, 0.2) is 5.60 Å². The second-order valence-corrected chi connectivity index (χ2v) is 6.48. The molecule has 124 valence electrons. The lowest BCUT2D eigenvalue weighted by Crippen LogP contribution is -2.52. The topological polar surface area (TPSA) is 66.8 Å². The number of benzene rings is 2. The van der Waals surface area contributed by atoms with Crippen molar-refractivity contribution in [1.29, 1.82) is 0 Å². The van der Waals surface area contributed by atoms with E-state index in [1.54, 1.807) is 24.8 Å². The van der Waals surface area contributed by atoms with Crippen LogP contribution in [0, 0.1) is 6.92 Å². The van der Waals surface area contributed by atoms with Crippen LogP contribution in [0.5, 0.6) is 5.75 Å². The Kier molecular flexibility index (Phi) is 3.79. The number of anilines is 1. The van der Waals surface area contributed by atoms with E-state index in [1.165, 1.54) is 12.1 Å². The number of hydrogen-bond donors (Lipinski definition) is 1. The number of carbonyl (C=O) groups excluding carboxylic acids is 1. The van der Waals surface area contributed by atoms with E-state index in [0.29, 0.717) is 18.0 Å².